The van der Waals surface area contributed by atoms with Crippen molar-refractivity contribution in [1.82, 2.24) is 4.90 Å². The van der Waals surface area contributed by atoms with Gasteiger partial charge < -0.3 is 10.6 Å². The number of ketones is 1. The maximum atomic E-state index is 11.0. The minimum atomic E-state index is -0.109. The fourth-order valence-electron chi connectivity index (χ4n) is 2.61. The molecule has 1 aromatic carbocycles. The summed E-state index contributed by atoms with van der Waals surface area (Å²) in [6, 6.07) is 10.1. The van der Waals surface area contributed by atoms with Gasteiger partial charge in [-0.05, 0) is 37.6 Å². The first-order valence-corrected chi connectivity index (χ1v) is 11.0. The number of benzene rings is 1. The second-order valence-electron chi connectivity index (χ2n) is 7.07. The molecule has 34 heavy (non-hydrogen) atoms. The van der Waals surface area contributed by atoms with Crippen LogP contribution in [0.5, 0.6) is 0 Å². The third kappa shape index (κ3) is 15.7. The van der Waals surface area contributed by atoms with Gasteiger partial charge in [-0.15, -0.1) is 12.3 Å². The summed E-state index contributed by atoms with van der Waals surface area (Å²) in [7, 11) is 2.03. The molecule has 181 valence electrons. The van der Waals surface area contributed by atoms with Crippen LogP contribution in [0.4, 0.5) is 4.53 Å². The van der Waals surface area contributed by atoms with Crippen molar-refractivity contribution in [3.8, 4) is 24.7 Å². The van der Waals surface area contributed by atoms with Gasteiger partial charge in [0.25, 0.3) is 0 Å². The number of nitrogens with zero attached hydrogens (tertiary/aromatic N) is 2. The number of allylic oxidation sites excluding steroid dienone is 2. The van der Waals surface area contributed by atoms with E-state index in [2.05, 4.69) is 58.9 Å². The summed E-state index contributed by atoms with van der Waals surface area (Å²) < 4.78 is 10.6. The minimum absolute atomic E-state index is 0.0128. The molecule has 0 aliphatic rings. The van der Waals surface area contributed by atoms with Crippen LogP contribution in [0.1, 0.15) is 26.3 Å². The summed E-state index contributed by atoms with van der Waals surface area (Å²) in [5.41, 5.74) is 9.28. The maximum Gasteiger partial charge on any atom is 0.151 e. The van der Waals surface area contributed by atoms with Gasteiger partial charge in [-0.2, -0.15) is 0 Å². The molecule has 0 aliphatic heterocycles. The topological polar surface area (TPSA) is 67.9 Å². The molecule has 0 aliphatic carbocycles. The Morgan fingerprint density at radius 1 is 1.32 bits per heavy atom. The van der Waals surface area contributed by atoms with Gasteiger partial charge >= 0.3 is 43.2 Å². The van der Waals surface area contributed by atoms with E-state index in [-0.39, 0.29) is 22.7 Å². The molecule has 0 amide bonds. The molecule has 0 saturated heterocycles. The molecule has 0 aromatic heterocycles. The number of halogens is 1. The van der Waals surface area contributed by atoms with E-state index in [1.807, 2.05) is 50.2 Å². The van der Waals surface area contributed by atoms with Gasteiger partial charge in [-0.3, -0.25) is 9.79 Å². The predicted octanol–water partition coefficient (Wildman–Crippen LogP) is 4.16. The second-order valence-corrected chi connectivity index (χ2v) is 7.70. The summed E-state index contributed by atoms with van der Waals surface area (Å²) in [5.74, 6) is 4.75. The van der Waals surface area contributed by atoms with Crippen molar-refractivity contribution in [3.05, 3.63) is 66.8 Å². The molecule has 1 rings (SSSR count). The zero-order valence-corrected chi connectivity index (χ0v) is 21.8. The van der Waals surface area contributed by atoms with E-state index < -0.39 is 0 Å². The van der Waals surface area contributed by atoms with Gasteiger partial charge in [0.15, 0.2) is 5.78 Å². The smallest absolute Gasteiger partial charge is 0.151 e. The standard InChI is InChI=1S/C21H29N3O.C3HFO.C3H4.V/c1-6-18(20(7-2)19-11-9-8-10-12-19)15-24(5)14-16(3)21(22)23-13-17(4)25;1-2-3-5-4;1-3-2;/h6-12,16H,1-2,13-15H2,3-5H3,(H2,22,23);1H;1H,2H3;/b20-18-;;;. The van der Waals surface area contributed by atoms with Crippen molar-refractivity contribution < 1.29 is 31.2 Å². The Balaban J connectivity index is 0. The van der Waals surface area contributed by atoms with Crippen LogP contribution in [0.25, 0.3) is 5.57 Å². The number of likely N-dealkylation sites (N-methyl/N-ethyl adjacent to an activating group) is 1. The van der Waals surface area contributed by atoms with Crippen molar-refractivity contribution in [2.45, 2.75) is 20.8 Å². The number of aliphatic imine (C=N–C) groups is 1. The molecular weight excluding hydrogens is 468 g/mol. The molecule has 1 unspecified atom stereocenters. The molecule has 0 fully saturated rings. The molecule has 2 N–H and O–H groups in total. The van der Waals surface area contributed by atoms with E-state index in [0.717, 1.165) is 29.8 Å². The average Bonchev–Trinajstić information content (AvgIpc) is 2.83. The third-order valence-electron chi connectivity index (χ3n) is 4.09. The quantitative estimate of drug-likeness (QED) is 0.214. The molecule has 5 nitrogen and oxygen atoms in total. The Hall–Kier alpha value is -3.00. The van der Waals surface area contributed by atoms with E-state index in [9.17, 15) is 9.32 Å². The molecule has 0 bridgehead atoms. The van der Waals surface area contributed by atoms with Crippen LogP contribution in [0.3, 0.4) is 0 Å². The predicted molar refractivity (Wildman–Crippen MR) is 138 cm³/mol. The van der Waals surface area contributed by atoms with E-state index in [0.29, 0.717) is 5.84 Å². The van der Waals surface area contributed by atoms with E-state index >= 15 is 0 Å². The Morgan fingerprint density at radius 2 is 1.88 bits per heavy atom. The van der Waals surface area contributed by atoms with E-state index in [4.69, 9.17) is 5.73 Å². The van der Waals surface area contributed by atoms with Crippen molar-refractivity contribution >= 4 is 21.6 Å². The Morgan fingerprint density at radius 3 is 2.26 bits per heavy atom. The Kier molecular flexibility index (Phi) is 20.1. The summed E-state index contributed by atoms with van der Waals surface area (Å²) in [6.07, 6.45) is 13.0. The number of amidine groups is 1. The van der Waals surface area contributed by atoms with Crippen molar-refractivity contribution in [1.29, 1.82) is 0 Å². The average molecular weight is 503 g/mol. The normalized spacial score (nSPS) is 11.7. The van der Waals surface area contributed by atoms with Crippen molar-refractivity contribution in [3.63, 3.8) is 0 Å². The van der Waals surface area contributed by atoms with Crippen LogP contribution in [-0.4, -0.2) is 47.6 Å². The molecule has 0 saturated carbocycles. The number of terminal acetylenes is 2. The van der Waals surface area contributed by atoms with Crippen LogP contribution < -0.4 is 5.73 Å². The third-order valence-corrected chi connectivity index (χ3v) is 4.40. The monoisotopic (exact) mass is 502 g/mol. The van der Waals surface area contributed by atoms with Crippen LogP contribution >= 0.6 is 0 Å². The molecule has 0 heterocycles. The number of nitrogens with two attached hydrogens (primary N) is 1. The first-order valence-electron chi connectivity index (χ1n) is 10.3. The minimum Gasteiger partial charge on any atom is -0.387 e. The van der Waals surface area contributed by atoms with Gasteiger partial charge in [0, 0.05) is 19.0 Å². The molecule has 1 atom stereocenters. The summed E-state index contributed by atoms with van der Waals surface area (Å²) in [6.45, 7) is 14.7. The zero-order valence-electron chi connectivity index (χ0n) is 20.4. The molecular formula is C27H34FN3O2V. The fourth-order valence-corrected chi connectivity index (χ4v) is 2.61. The Labute approximate surface area is 213 Å². The number of Topliss-reactive ketones (excluding diaryl/α,β-unsaturated/α-hetero) is 1. The zero-order chi connectivity index (χ0) is 26.5. The number of hydrogen-bond donors (Lipinski definition) is 1. The fraction of sp³-hybridized carbons (Fsp3) is 0.296. The first kappa shape index (κ1) is 33.2. The van der Waals surface area contributed by atoms with E-state index in [1.54, 1.807) is 23.9 Å². The first-order chi connectivity index (χ1) is 16.1. The number of hydrogen-bond acceptors (Lipinski definition) is 4. The summed E-state index contributed by atoms with van der Waals surface area (Å²) >= 11 is 1.76. The largest absolute Gasteiger partial charge is 0.387 e. The number of carbonyl (C=O) groups is 1. The van der Waals surface area contributed by atoms with Crippen LogP contribution in [0.2, 0.25) is 0 Å². The van der Waals surface area contributed by atoms with Crippen LogP contribution in [-0.2, 0) is 26.7 Å². The van der Waals surface area contributed by atoms with Crippen molar-refractivity contribution in [2.24, 2.45) is 16.6 Å². The second kappa shape index (κ2) is 20.6. The summed E-state index contributed by atoms with van der Waals surface area (Å²) in [5, 5.41) is 0. The van der Waals surface area contributed by atoms with Gasteiger partial charge in [0.1, 0.15) is 0 Å². The SMILES string of the molecule is C#CC.C#C[C](=[V])OF.C=C/C(CN(C)CC(C)C(N)=NCC(C)=O)=C(\C=C)c1ccccc1. The molecule has 0 spiro atoms. The van der Waals surface area contributed by atoms with E-state index in [1.165, 1.54) is 6.92 Å². The van der Waals surface area contributed by atoms with Crippen LogP contribution in [0, 0.1) is 30.6 Å². The molecule has 7 heteroatoms. The van der Waals surface area contributed by atoms with Gasteiger partial charge in [-0.25, -0.2) is 0 Å². The van der Waals surface area contributed by atoms with Gasteiger partial charge in [0.05, 0.1) is 12.4 Å². The summed E-state index contributed by atoms with van der Waals surface area (Å²) in [4.78, 5) is 20.4. The van der Waals surface area contributed by atoms with Crippen molar-refractivity contribution in [2.75, 3.05) is 26.7 Å². The maximum absolute atomic E-state index is 11.0. The Bertz CT molecular complexity index is 941. The molecule has 1 aromatic rings. The van der Waals surface area contributed by atoms with Crippen LogP contribution in [0.15, 0.2) is 66.2 Å². The number of carbonyl (C=O) groups excluding carboxylic acids is 1. The number of rotatable bonds is 11. The molecule has 0 radical (unpaired) electrons. The van der Waals surface area contributed by atoms with Gasteiger partial charge in [0.2, 0.25) is 0 Å². The van der Waals surface area contributed by atoms with Gasteiger partial charge in [-0.1, -0.05) is 62.6 Å².